The van der Waals surface area contributed by atoms with Gasteiger partial charge in [-0.1, -0.05) is 15.9 Å². The van der Waals surface area contributed by atoms with Crippen LogP contribution in [-0.4, -0.2) is 17.7 Å². The summed E-state index contributed by atoms with van der Waals surface area (Å²) in [6.45, 7) is 2.48. The standard InChI is InChI=1S/C13H15BrO3/c1-9-6-10(14)2-3-11(9)17-8-13(4-5-13)7-12(15)16/h2-3,6H,4-5,7-8H2,1H3,(H,15,16). The summed E-state index contributed by atoms with van der Waals surface area (Å²) in [5, 5.41) is 8.82. The summed E-state index contributed by atoms with van der Waals surface area (Å²) in [5.74, 6) is 0.100. The van der Waals surface area contributed by atoms with Gasteiger partial charge in [0.05, 0.1) is 13.0 Å². The van der Waals surface area contributed by atoms with Crippen molar-refractivity contribution >= 4 is 21.9 Å². The second-order valence-electron chi connectivity index (χ2n) is 4.77. The van der Waals surface area contributed by atoms with Gasteiger partial charge in [-0.25, -0.2) is 0 Å². The van der Waals surface area contributed by atoms with Gasteiger partial charge in [0.25, 0.3) is 0 Å². The minimum Gasteiger partial charge on any atom is -0.493 e. The molecule has 17 heavy (non-hydrogen) atoms. The van der Waals surface area contributed by atoms with Crippen LogP contribution in [-0.2, 0) is 4.79 Å². The van der Waals surface area contributed by atoms with Crippen LogP contribution in [0.1, 0.15) is 24.8 Å². The van der Waals surface area contributed by atoms with Crippen LogP contribution in [0.5, 0.6) is 5.75 Å². The lowest BCUT2D eigenvalue weighted by Gasteiger charge is -2.15. The van der Waals surface area contributed by atoms with Crippen molar-refractivity contribution in [3.8, 4) is 5.75 Å². The second kappa shape index (κ2) is 4.69. The average Bonchev–Trinajstić information content (AvgIpc) is 2.96. The SMILES string of the molecule is Cc1cc(Br)ccc1OCC1(CC(=O)O)CC1. The van der Waals surface area contributed by atoms with Gasteiger partial charge < -0.3 is 9.84 Å². The molecule has 0 aromatic heterocycles. The molecule has 4 heteroatoms. The van der Waals surface area contributed by atoms with Gasteiger partial charge in [-0.15, -0.1) is 0 Å². The molecule has 0 heterocycles. The molecule has 0 atom stereocenters. The van der Waals surface area contributed by atoms with Crippen LogP contribution < -0.4 is 4.74 Å². The number of ether oxygens (including phenoxy) is 1. The summed E-state index contributed by atoms with van der Waals surface area (Å²) in [5.41, 5.74) is 0.941. The molecular weight excluding hydrogens is 284 g/mol. The Morgan fingerprint density at radius 1 is 1.53 bits per heavy atom. The van der Waals surface area contributed by atoms with Crippen molar-refractivity contribution in [3.63, 3.8) is 0 Å². The smallest absolute Gasteiger partial charge is 0.304 e. The number of aliphatic carboxylic acids is 1. The van der Waals surface area contributed by atoms with E-state index in [9.17, 15) is 4.79 Å². The molecule has 2 rings (SSSR count). The number of rotatable bonds is 5. The Labute approximate surface area is 109 Å². The van der Waals surface area contributed by atoms with E-state index in [0.29, 0.717) is 6.61 Å². The Morgan fingerprint density at radius 3 is 2.76 bits per heavy atom. The predicted molar refractivity (Wildman–Crippen MR) is 68.3 cm³/mol. The lowest BCUT2D eigenvalue weighted by atomic mass is 10.0. The van der Waals surface area contributed by atoms with Gasteiger partial charge in [-0.2, -0.15) is 0 Å². The van der Waals surface area contributed by atoms with Crippen molar-refractivity contribution in [1.82, 2.24) is 0 Å². The zero-order valence-corrected chi connectivity index (χ0v) is 11.3. The molecule has 0 saturated heterocycles. The maximum absolute atomic E-state index is 10.7. The van der Waals surface area contributed by atoms with Crippen LogP contribution in [0.4, 0.5) is 0 Å². The maximum atomic E-state index is 10.7. The third-order valence-corrected chi connectivity index (χ3v) is 3.65. The topological polar surface area (TPSA) is 46.5 Å². The van der Waals surface area contributed by atoms with Crippen LogP contribution in [0.15, 0.2) is 22.7 Å². The van der Waals surface area contributed by atoms with E-state index in [0.717, 1.165) is 28.6 Å². The van der Waals surface area contributed by atoms with Crippen LogP contribution in [0.25, 0.3) is 0 Å². The van der Waals surface area contributed by atoms with Gasteiger partial charge >= 0.3 is 5.97 Å². The molecule has 3 nitrogen and oxygen atoms in total. The van der Waals surface area contributed by atoms with Gasteiger partial charge in [0, 0.05) is 9.89 Å². The Kier molecular flexibility index (Phi) is 3.43. The van der Waals surface area contributed by atoms with Gasteiger partial charge in [0.15, 0.2) is 0 Å². The number of hydrogen-bond acceptors (Lipinski definition) is 2. The predicted octanol–water partition coefficient (Wildman–Crippen LogP) is 3.39. The van der Waals surface area contributed by atoms with E-state index in [2.05, 4.69) is 15.9 Å². The van der Waals surface area contributed by atoms with Crippen LogP contribution in [0, 0.1) is 12.3 Å². The van der Waals surface area contributed by atoms with Crippen molar-refractivity contribution in [2.75, 3.05) is 6.61 Å². The molecule has 0 spiro atoms. The molecule has 92 valence electrons. The summed E-state index contributed by atoms with van der Waals surface area (Å²) in [6.07, 6.45) is 2.12. The molecule has 0 unspecified atom stereocenters. The Hall–Kier alpha value is -1.03. The van der Waals surface area contributed by atoms with Crippen molar-refractivity contribution in [1.29, 1.82) is 0 Å². The van der Waals surface area contributed by atoms with E-state index in [1.807, 2.05) is 25.1 Å². The zero-order chi connectivity index (χ0) is 12.5. The van der Waals surface area contributed by atoms with Crippen LogP contribution >= 0.6 is 15.9 Å². The maximum Gasteiger partial charge on any atom is 0.304 e. The first kappa shape index (κ1) is 12.4. The molecule has 1 aliphatic carbocycles. The molecule has 1 aromatic rings. The summed E-state index contributed by atoms with van der Waals surface area (Å²) in [6, 6.07) is 5.83. The molecule has 0 radical (unpaired) electrons. The van der Waals surface area contributed by atoms with Crippen molar-refractivity contribution in [3.05, 3.63) is 28.2 Å². The third-order valence-electron chi connectivity index (χ3n) is 3.15. The summed E-state index contributed by atoms with van der Waals surface area (Å²) in [7, 11) is 0. The number of halogens is 1. The number of aryl methyl sites for hydroxylation is 1. The average molecular weight is 299 g/mol. The fraction of sp³-hybridized carbons (Fsp3) is 0.462. The molecule has 0 aliphatic heterocycles. The summed E-state index contributed by atoms with van der Waals surface area (Å²) < 4.78 is 6.76. The summed E-state index contributed by atoms with van der Waals surface area (Å²) in [4.78, 5) is 10.7. The minimum absolute atomic E-state index is 0.120. The van der Waals surface area contributed by atoms with Gasteiger partial charge in [-0.05, 0) is 43.5 Å². The van der Waals surface area contributed by atoms with Gasteiger partial charge in [0.2, 0.25) is 0 Å². The number of carbonyl (C=O) groups is 1. The Balaban J connectivity index is 1.96. The number of hydrogen-bond donors (Lipinski definition) is 1. The zero-order valence-electron chi connectivity index (χ0n) is 9.70. The summed E-state index contributed by atoms with van der Waals surface area (Å²) >= 11 is 3.40. The minimum atomic E-state index is -0.737. The monoisotopic (exact) mass is 298 g/mol. The highest BCUT2D eigenvalue weighted by Crippen LogP contribution is 2.49. The lowest BCUT2D eigenvalue weighted by Crippen LogP contribution is -2.17. The van der Waals surface area contributed by atoms with E-state index >= 15 is 0 Å². The number of carboxylic acids is 1. The first-order chi connectivity index (χ1) is 8.01. The molecular formula is C13H15BrO3. The van der Waals surface area contributed by atoms with Crippen molar-refractivity contribution in [2.45, 2.75) is 26.2 Å². The molecule has 0 amide bonds. The Morgan fingerprint density at radius 2 is 2.24 bits per heavy atom. The first-order valence-electron chi connectivity index (χ1n) is 5.62. The molecule has 0 bridgehead atoms. The van der Waals surface area contributed by atoms with E-state index < -0.39 is 5.97 Å². The van der Waals surface area contributed by atoms with Crippen LogP contribution in [0.3, 0.4) is 0 Å². The van der Waals surface area contributed by atoms with E-state index in [4.69, 9.17) is 9.84 Å². The highest BCUT2D eigenvalue weighted by molar-refractivity contribution is 9.10. The lowest BCUT2D eigenvalue weighted by molar-refractivity contribution is -0.138. The van der Waals surface area contributed by atoms with Crippen molar-refractivity contribution in [2.24, 2.45) is 5.41 Å². The molecule has 1 N–H and O–H groups in total. The molecule has 1 saturated carbocycles. The molecule has 1 fully saturated rings. The quantitative estimate of drug-likeness (QED) is 0.906. The first-order valence-corrected chi connectivity index (χ1v) is 6.41. The number of carboxylic acid groups (broad SMARTS) is 1. The Bertz CT molecular complexity index is 438. The number of benzene rings is 1. The highest BCUT2D eigenvalue weighted by atomic mass is 79.9. The largest absolute Gasteiger partial charge is 0.493 e. The molecule has 1 aliphatic rings. The van der Waals surface area contributed by atoms with E-state index in [1.165, 1.54) is 0 Å². The third kappa shape index (κ3) is 3.22. The fourth-order valence-electron chi connectivity index (χ4n) is 1.88. The second-order valence-corrected chi connectivity index (χ2v) is 5.68. The fourth-order valence-corrected chi connectivity index (χ4v) is 2.35. The molecule has 1 aromatic carbocycles. The van der Waals surface area contributed by atoms with Crippen LogP contribution in [0.2, 0.25) is 0 Å². The highest BCUT2D eigenvalue weighted by Gasteiger charge is 2.45. The van der Waals surface area contributed by atoms with Crippen molar-refractivity contribution < 1.29 is 14.6 Å². The normalized spacial score (nSPS) is 16.6. The van der Waals surface area contributed by atoms with E-state index in [-0.39, 0.29) is 11.8 Å². The van der Waals surface area contributed by atoms with Gasteiger partial charge in [-0.3, -0.25) is 4.79 Å². The van der Waals surface area contributed by atoms with Gasteiger partial charge in [0.1, 0.15) is 5.75 Å². The van der Waals surface area contributed by atoms with E-state index in [1.54, 1.807) is 0 Å².